The van der Waals surface area contributed by atoms with Crippen LogP contribution in [0.25, 0.3) is 0 Å². The Labute approximate surface area is 150 Å². The largest absolute Gasteiger partial charge is 0.506 e. The zero-order chi connectivity index (χ0) is 18.2. The third kappa shape index (κ3) is 3.78. The van der Waals surface area contributed by atoms with Crippen molar-refractivity contribution >= 4 is 17.6 Å². The van der Waals surface area contributed by atoms with Crippen molar-refractivity contribution in [3.8, 4) is 5.75 Å². The molecular formula is C21H27N3O. The summed E-state index contributed by atoms with van der Waals surface area (Å²) in [6, 6.07) is 13.8. The SMILES string of the molecule is CC(C)(C)CC(C)(C)c1ccc(O)c(N2N=Cc3ccccc3N2)c1. The molecule has 1 heterocycles. The molecule has 25 heavy (non-hydrogen) atoms. The van der Waals surface area contributed by atoms with E-state index in [0.29, 0.717) is 5.69 Å². The number of nitrogens with one attached hydrogen (secondary N) is 1. The van der Waals surface area contributed by atoms with E-state index >= 15 is 0 Å². The average molecular weight is 337 g/mol. The van der Waals surface area contributed by atoms with E-state index < -0.39 is 0 Å². The van der Waals surface area contributed by atoms with Crippen LogP contribution >= 0.6 is 0 Å². The van der Waals surface area contributed by atoms with Crippen LogP contribution < -0.4 is 10.5 Å². The Bertz CT molecular complexity index is 803. The van der Waals surface area contributed by atoms with Gasteiger partial charge in [0.1, 0.15) is 11.4 Å². The molecule has 1 aliphatic rings. The fourth-order valence-corrected chi connectivity index (χ4v) is 3.64. The molecule has 2 aromatic rings. The highest BCUT2D eigenvalue weighted by atomic mass is 16.3. The van der Waals surface area contributed by atoms with Gasteiger partial charge in [0.05, 0.1) is 11.9 Å². The number of hydrazine groups is 1. The van der Waals surface area contributed by atoms with Crippen molar-refractivity contribution in [2.45, 2.75) is 46.5 Å². The zero-order valence-corrected chi connectivity index (χ0v) is 15.7. The quantitative estimate of drug-likeness (QED) is 0.800. The molecule has 132 valence electrons. The molecule has 0 aromatic heterocycles. The van der Waals surface area contributed by atoms with Gasteiger partial charge in [-0.25, -0.2) is 0 Å². The van der Waals surface area contributed by atoms with Gasteiger partial charge in [-0.05, 0) is 41.0 Å². The fraction of sp³-hybridized carbons (Fsp3) is 0.381. The summed E-state index contributed by atoms with van der Waals surface area (Å²) in [6.07, 6.45) is 2.85. The third-order valence-electron chi connectivity index (χ3n) is 4.46. The van der Waals surface area contributed by atoms with Crippen LogP contribution in [0.2, 0.25) is 0 Å². The lowest BCUT2D eigenvalue weighted by Crippen LogP contribution is -2.29. The first-order valence-electron chi connectivity index (χ1n) is 8.69. The second-order valence-electron chi connectivity index (χ2n) is 8.58. The number of phenols is 1. The van der Waals surface area contributed by atoms with E-state index in [1.807, 2.05) is 36.4 Å². The van der Waals surface area contributed by atoms with Crippen molar-refractivity contribution in [3.05, 3.63) is 53.6 Å². The molecule has 2 aromatic carbocycles. The monoisotopic (exact) mass is 337 g/mol. The summed E-state index contributed by atoms with van der Waals surface area (Å²) in [5, 5.41) is 16.4. The van der Waals surface area contributed by atoms with Gasteiger partial charge in [0.2, 0.25) is 0 Å². The van der Waals surface area contributed by atoms with Gasteiger partial charge in [0.15, 0.2) is 0 Å². The lowest BCUT2D eigenvalue weighted by molar-refractivity contribution is 0.284. The Morgan fingerprint density at radius 2 is 1.76 bits per heavy atom. The number of hydrogen-bond donors (Lipinski definition) is 2. The van der Waals surface area contributed by atoms with Gasteiger partial charge in [-0.3, -0.25) is 5.43 Å². The summed E-state index contributed by atoms with van der Waals surface area (Å²) in [5.74, 6) is 0.208. The summed E-state index contributed by atoms with van der Waals surface area (Å²) in [4.78, 5) is 0. The van der Waals surface area contributed by atoms with Crippen LogP contribution in [0.15, 0.2) is 47.6 Å². The van der Waals surface area contributed by atoms with Gasteiger partial charge in [-0.15, -0.1) is 0 Å². The first-order chi connectivity index (χ1) is 11.7. The maximum atomic E-state index is 10.4. The number of anilines is 2. The Morgan fingerprint density at radius 3 is 2.48 bits per heavy atom. The van der Waals surface area contributed by atoms with E-state index in [9.17, 15) is 5.11 Å². The number of phenolic OH excluding ortho intramolecular Hbond substituents is 1. The number of hydrazone groups is 1. The maximum absolute atomic E-state index is 10.4. The van der Waals surface area contributed by atoms with Gasteiger partial charge in [-0.2, -0.15) is 10.2 Å². The third-order valence-corrected chi connectivity index (χ3v) is 4.46. The zero-order valence-electron chi connectivity index (χ0n) is 15.7. The van der Waals surface area contributed by atoms with Gasteiger partial charge in [-0.1, -0.05) is 58.9 Å². The van der Waals surface area contributed by atoms with E-state index in [-0.39, 0.29) is 16.6 Å². The van der Waals surface area contributed by atoms with Crippen molar-refractivity contribution in [3.63, 3.8) is 0 Å². The molecule has 0 bridgehead atoms. The Morgan fingerprint density at radius 1 is 1.04 bits per heavy atom. The maximum Gasteiger partial charge on any atom is 0.143 e. The van der Waals surface area contributed by atoms with Crippen LogP contribution in [0.5, 0.6) is 5.75 Å². The molecule has 1 aliphatic heterocycles. The van der Waals surface area contributed by atoms with E-state index in [1.54, 1.807) is 17.4 Å². The molecule has 0 saturated heterocycles. The highest BCUT2D eigenvalue weighted by Crippen LogP contribution is 2.40. The predicted octanol–water partition coefficient (Wildman–Crippen LogP) is 5.29. The minimum atomic E-state index is -0.00188. The Kier molecular flexibility index (Phi) is 4.23. The van der Waals surface area contributed by atoms with Crippen LogP contribution in [-0.2, 0) is 5.41 Å². The average Bonchev–Trinajstić information content (AvgIpc) is 2.52. The summed E-state index contributed by atoms with van der Waals surface area (Å²) < 4.78 is 0. The van der Waals surface area contributed by atoms with Crippen LogP contribution in [0.1, 0.15) is 52.2 Å². The van der Waals surface area contributed by atoms with Gasteiger partial charge >= 0.3 is 0 Å². The lowest BCUT2D eigenvalue weighted by atomic mass is 9.72. The van der Waals surface area contributed by atoms with Crippen LogP contribution in [0.4, 0.5) is 11.4 Å². The van der Waals surface area contributed by atoms with Gasteiger partial charge < -0.3 is 5.11 Å². The van der Waals surface area contributed by atoms with Crippen LogP contribution in [-0.4, -0.2) is 11.3 Å². The molecular weight excluding hydrogens is 310 g/mol. The molecule has 2 N–H and O–H groups in total. The number of nitrogens with zero attached hydrogens (tertiary/aromatic N) is 2. The molecule has 4 nitrogen and oxygen atoms in total. The number of aromatic hydroxyl groups is 1. The van der Waals surface area contributed by atoms with Crippen molar-refractivity contribution < 1.29 is 5.11 Å². The predicted molar refractivity (Wildman–Crippen MR) is 105 cm³/mol. The topological polar surface area (TPSA) is 47.9 Å². The van der Waals surface area contributed by atoms with Crippen molar-refractivity contribution in [2.75, 3.05) is 10.5 Å². The molecule has 3 rings (SSSR count). The van der Waals surface area contributed by atoms with E-state index in [0.717, 1.165) is 17.7 Å². The number of hydrogen-bond acceptors (Lipinski definition) is 4. The Balaban J connectivity index is 1.94. The van der Waals surface area contributed by atoms with E-state index in [2.05, 4.69) is 45.1 Å². The normalized spacial score (nSPS) is 14.2. The van der Waals surface area contributed by atoms with Crippen molar-refractivity contribution in [2.24, 2.45) is 10.5 Å². The molecule has 0 radical (unpaired) electrons. The van der Waals surface area contributed by atoms with Crippen LogP contribution in [0, 0.1) is 5.41 Å². The van der Waals surface area contributed by atoms with Gasteiger partial charge in [0, 0.05) is 5.56 Å². The highest BCUT2D eigenvalue weighted by molar-refractivity contribution is 5.91. The summed E-state index contributed by atoms with van der Waals surface area (Å²) in [6.45, 7) is 11.3. The molecule has 0 aliphatic carbocycles. The summed E-state index contributed by atoms with van der Waals surface area (Å²) in [5.41, 5.74) is 7.32. The molecule has 0 unspecified atom stereocenters. The molecule has 4 heteroatoms. The smallest absolute Gasteiger partial charge is 0.143 e. The van der Waals surface area contributed by atoms with E-state index in [4.69, 9.17) is 0 Å². The summed E-state index contributed by atoms with van der Waals surface area (Å²) >= 11 is 0. The first-order valence-corrected chi connectivity index (χ1v) is 8.69. The number of para-hydroxylation sites is 1. The van der Waals surface area contributed by atoms with Gasteiger partial charge in [0.25, 0.3) is 0 Å². The molecule has 0 atom stereocenters. The molecule has 0 amide bonds. The summed E-state index contributed by atoms with van der Waals surface area (Å²) in [7, 11) is 0. The van der Waals surface area contributed by atoms with Crippen LogP contribution in [0.3, 0.4) is 0 Å². The number of rotatable bonds is 3. The van der Waals surface area contributed by atoms with Crippen molar-refractivity contribution in [1.82, 2.24) is 0 Å². The second-order valence-corrected chi connectivity index (χ2v) is 8.58. The minimum Gasteiger partial charge on any atom is -0.506 e. The minimum absolute atomic E-state index is 0.00188. The lowest BCUT2D eigenvalue weighted by Gasteiger charge is -2.34. The number of benzene rings is 2. The molecule has 0 fully saturated rings. The highest BCUT2D eigenvalue weighted by Gasteiger charge is 2.28. The first kappa shape index (κ1) is 17.3. The number of fused-ring (bicyclic) bond motifs is 1. The Hall–Kier alpha value is -2.49. The second kappa shape index (κ2) is 6.10. The molecule has 0 saturated carbocycles. The molecule has 0 spiro atoms. The standard InChI is InChI=1S/C21H27N3O/c1-20(2,3)14-21(4,5)16-10-11-19(25)18(12-16)24-22-13-15-8-6-7-9-17(15)23-24/h6-13,23,25H,14H2,1-5H3. The van der Waals surface area contributed by atoms with E-state index in [1.165, 1.54) is 5.56 Å². The fourth-order valence-electron chi connectivity index (χ4n) is 3.64. The van der Waals surface area contributed by atoms with Crippen molar-refractivity contribution in [1.29, 1.82) is 0 Å².